The summed E-state index contributed by atoms with van der Waals surface area (Å²) in [6.45, 7) is 2.91. The van der Waals surface area contributed by atoms with E-state index in [0.29, 0.717) is 16.9 Å². The van der Waals surface area contributed by atoms with Crippen molar-refractivity contribution in [3.63, 3.8) is 0 Å². The number of carbonyl (C=O) groups is 1. The number of carbonyl (C=O) groups excluding carboxylic acids is 1. The van der Waals surface area contributed by atoms with E-state index in [9.17, 15) is 18.0 Å². The van der Waals surface area contributed by atoms with E-state index in [4.69, 9.17) is 0 Å². The Morgan fingerprint density at radius 2 is 2.05 bits per heavy atom. The Morgan fingerprint density at radius 3 is 2.60 bits per heavy atom. The first kappa shape index (κ1) is 14.5. The average molecular weight is 312 g/mol. The predicted octanol–water partition coefficient (Wildman–Crippen LogP) is 1.75. The van der Waals surface area contributed by atoms with Gasteiger partial charge < -0.3 is 4.98 Å². The lowest BCUT2D eigenvalue weighted by atomic mass is 10.1. The number of aromatic amines is 1. The van der Waals surface area contributed by atoms with Gasteiger partial charge in [0.15, 0.2) is 9.99 Å². The molecule has 0 bridgehead atoms. The summed E-state index contributed by atoms with van der Waals surface area (Å²) in [6.07, 6.45) is 0. The Bertz CT molecular complexity index is 818. The number of aromatic nitrogens is 1. The molecule has 106 valence electrons. The highest BCUT2D eigenvalue weighted by Gasteiger charge is 2.20. The van der Waals surface area contributed by atoms with Crippen molar-refractivity contribution in [2.24, 2.45) is 0 Å². The SMILES string of the molecule is CC(=O)c1cccc(NS(=O)(=O)c2sc(=O)[nH]c2C)c1. The maximum absolute atomic E-state index is 12.2. The number of H-pyrrole nitrogens is 1. The van der Waals surface area contributed by atoms with Crippen molar-refractivity contribution < 1.29 is 13.2 Å². The largest absolute Gasteiger partial charge is 0.315 e. The van der Waals surface area contributed by atoms with Crippen LogP contribution in [0, 0.1) is 6.92 Å². The lowest BCUT2D eigenvalue weighted by molar-refractivity contribution is 0.101. The first-order chi connectivity index (χ1) is 9.29. The van der Waals surface area contributed by atoms with Crippen LogP contribution in [-0.4, -0.2) is 19.2 Å². The van der Waals surface area contributed by atoms with Crippen molar-refractivity contribution in [2.75, 3.05) is 4.72 Å². The molecule has 0 unspecified atom stereocenters. The van der Waals surface area contributed by atoms with Gasteiger partial charge in [-0.25, -0.2) is 8.42 Å². The van der Waals surface area contributed by atoms with Crippen molar-refractivity contribution in [3.05, 3.63) is 45.2 Å². The summed E-state index contributed by atoms with van der Waals surface area (Å²) in [4.78, 5) is 24.4. The fraction of sp³-hybridized carbons (Fsp3) is 0.167. The molecule has 0 saturated heterocycles. The molecule has 0 amide bonds. The maximum atomic E-state index is 12.2. The zero-order valence-electron chi connectivity index (χ0n) is 10.8. The van der Waals surface area contributed by atoms with Crippen LogP contribution in [0.5, 0.6) is 0 Å². The van der Waals surface area contributed by atoms with E-state index >= 15 is 0 Å². The average Bonchev–Trinajstić information content (AvgIpc) is 2.69. The normalized spacial score (nSPS) is 11.3. The Hall–Kier alpha value is -1.93. The molecule has 0 aliphatic carbocycles. The Kier molecular flexibility index (Phi) is 3.78. The summed E-state index contributed by atoms with van der Waals surface area (Å²) in [7, 11) is -3.84. The molecule has 0 aliphatic rings. The zero-order chi connectivity index (χ0) is 14.9. The lowest BCUT2D eigenvalue weighted by Gasteiger charge is -2.07. The molecule has 1 heterocycles. The highest BCUT2D eigenvalue weighted by atomic mass is 32.2. The van der Waals surface area contributed by atoms with E-state index in [2.05, 4.69) is 9.71 Å². The van der Waals surface area contributed by atoms with E-state index in [0.717, 1.165) is 0 Å². The second-order valence-electron chi connectivity index (χ2n) is 4.17. The molecule has 2 aromatic rings. The quantitative estimate of drug-likeness (QED) is 0.841. The third-order valence-corrected chi connectivity index (χ3v) is 5.53. The Morgan fingerprint density at radius 1 is 1.35 bits per heavy atom. The number of Topliss-reactive ketones (excluding diaryl/α,β-unsaturated/α-hetero) is 1. The summed E-state index contributed by atoms with van der Waals surface area (Å²) in [5.41, 5.74) is 0.970. The van der Waals surface area contributed by atoms with Crippen LogP contribution in [0.15, 0.2) is 33.3 Å². The van der Waals surface area contributed by atoms with Crippen molar-refractivity contribution >= 4 is 32.8 Å². The van der Waals surface area contributed by atoms with Gasteiger partial charge in [0.1, 0.15) is 0 Å². The number of anilines is 1. The summed E-state index contributed by atoms with van der Waals surface area (Å²) >= 11 is 0.623. The third-order valence-electron chi connectivity index (χ3n) is 2.55. The number of rotatable bonds is 4. The van der Waals surface area contributed by atoms with Crippen LogP contribution in [0.3, 0.4) is 0 Å². The molecule has 0 atom stereocenters. The smallest absolute Gasteiger partial charge is 0.306 e. The summed E-state index contributed by atoms with van der Waals surface area (Å²) < 4.78 is 26.6. The summed E-state index contributed by atoms with van der Waals surface area (Å²) in [6, 6.07) is 6.17. The number of aryl methyl sites for hydroxylation is 1. The lowest BCUT2D eigenvalue weighted by Crippen LogP contribution is -2.13. The van der Waals surface area contributed by atoms with Crippen LogP contribution in [0.2, 0.25) is 0 Å². The molecule has 0 saturated carbocycles. The van der Waals surface area contributed by atoms with Gasteiger partial charge in [0.05, 0.1) is 0 Å². The second kappa shape index (κ2) is 5.22. The summed E-state index contributed by atoms with van der Waals surface area (Å²) in [5, 5.41) is 0. The zero-order valence-corrected chi connectivity index (χ0v) is 12.4. The maximum Gasteiger partial charge on any atom is 0.306 e. The fourth-order valence-electron chi connectivity index (χ4n) is 1.65. The van der Waals surface area contributed by atoms with E-state index in [1.807, 2.05) is 0 Å². The molecule has 2 N–H and O–H groups in total. The van der Waals surface area contributed by atoms with Gasteiger partial charge in [-0.15, -0.1) is 0 Å². The molecule has 0 fully saturated rings. The van der Waals surface area contributed by atoms with Gasteiger partial charge in [0, 0.05) is 16.9 Å². The molecule has 8 heteroatoms. The second-order valence-corrected chi connectivity index (χ2v) is 7.03. The van der Waals surface area contributed by atoms with Crippen LogP contribution in [0.4, 0.5) is 5.69 Å². The number of benzene rings is 1. The van der Waals surface area contributed by atoms with Gasteiger partial charge in [-0.3, -0.25) is 14.3 Å². The van der Waals surface area contributed by atoms with Gasteiger partial charge in [0.25, 0.3) is 10.0 Å². The molecule has 0 aliphatic heterocycles. The molecule has 0 spiro atoms. The Labute approximate surface area is 119 Å². The summed E-state index contributed by atoms with van der Waals surface area (Å²) in [5.74, 6) is -0.159. The Balaban J connectivity index is 2.38. The molecule has 0 radical (unpaired) electrons. The van der Waals surface area contributed by atoms with Gasteiger partial charge in [-0.1, -0.05) is 23.5 Å². The van der Waals surface area contributed by atoms with Crippen LogP contribution in [0.1, 0.15) is 23.0 Å². The van der Waals surface area contributed by atoms with E-state index in [1.54, 1.807) is 12.1 Å². The molecule has 1 aromatic carbocycles. The van der Waals surface area contributed by atoms with Gasteiger partial charge in [-0.2, -0.15) is 0 Å². The van der Waals surface area contributed by atoms with Gasteiger partial charge in [-0.05, 0) is 26.0 Å². The van der Waals surface area contributed by atoms with Crippen molar-refractivity contribution in [1.82, 2.24) is 4.98 Å². The number of ketones is 1. The van der Waals surface area contributed by atoms with Crippen molar-refractivity contribution in [1.29, 1.82) is 0 Å². The number of thiazole rings is 1. The van der Waals surface area contributed by atoms with Crippen molar-refractivity contribution in [2.45, 2.75) is 18.1 Å². The number of hydrogen-bond donors (Lipinski definition) is 2. The first-order valence-electron chi connectivity index (χ1n) is 5.63. The topological polar surface area (TPSA) is 96.1 Å². The van der Waals surface area contributed by atoms with Crippen molar-refractivity contribution in [3.8, 4) is 0 Å². The number of sulfonamides is 1. The minimum atomic E-state index is -3.84. The molecule has 1 aromatic heterocycles. The molecular formula is C12H12N2O4S2. The van der Waals surface area contributed by atoms with Gasteiger partial charge in [0.2, 0.25) is 0 Å². The standard InChI is InChI=1S/C12H12N2O4S2/c1-7-11(19-12(16)13-7)20(17,18)14-10-5-3-4-9(6-10)8(2)15/h3-6,14H,1-2H3,(H,13,16). The monoisotopic (exact) mass is 312 g/mol. The van der Waals surface area contributed by atoms with E-state index < -0.39 is 14.9 Å². The molecule has 6 nitrogen and oxygen atoms in total. The highest BCUT2D eigenvalue weighted by molar-refractivity contribution is 7.94. The van der Waals surface area contributed by atoms with E-state index in [1.165, 1.54) is 26.0 Å². The molecule has 2 rings (SSSR count). The minimum Gasteiger partial charge on any atom is -0.315 e. The minimum absolute atomic E-state index is 0.0595. The van der Waals surface area contributed by atoms with Crippen LogP contribution in [0.25, 0.3) is 0 Å². The van der Waals surface area contributed by atoms with Gasteiger partial charge >= 0.3 is 4.87 Å². The fourth-order valence-corrected chi connectivity index (χ4v) is 4.00. The van der Waals surface area contributed by atoms with Crippen LogP contribution >= 0.6 is 11.3 Å². The third kappa shape index (κ3) is 2.97. The first-order valence-corrected chi connectivity index (χ1v) is 7.93. The van der Waals surface area contributed by atoms with E-state index in [-0.39, 0.29) is 21.4 Å². The highest BCUT2D eigenvalue weighted by Crippen LogP contribution is 2.21. The molecular weight excluding hydrogens is 300 g/mol. The number of nitrogens with one attached hydrogen (secondary N) is 2. The van der Waals surface area contributed by atoms with Crippen LogP contribution < -0.4 is 9.60 Å². The molecule has 20 heavy (non-hydrogen) atoms. The predicted molar refractivity (Wildman–Crippen MR) is 76.9 cm³/mol. The van der Waals surface area contributed by atoms with Crippen LogP contribution in [-0.2, 0) is 10.0 Å². The number of hydrogen-bond acceptors (Lipinski definition) is 5.